The van der Waals surface area contributed by atoms with Crippen molar-refractivity contribution in [2.75, 3.05) is 26.8 Å². The molecule has 11 heteroatoms. The van der Waals surface area contributed by atoms with E-state index in [9.17, 15) is 18.8 Å². The van der Waals surface area contributed by atoms with Crippen LogP contribution in [-0.2, 0) is 11.3 Å². The third-order valence-corrected chi connectivity index (χ3v) is 5.56. The van der Waals surface area contributed by atoms with Crippen LogP contribution in [0.3, 0.4) is 0 Å². The van der Waals surface area contributed by atoms with Crippen molar-refractivity contribution in [1.82, 2.24) is 24.8 Å². The molecule has 182 valence electrons. The van der Waals surface area contributed by atoms with Crippen LogP contribution < -0.4 is 15.6 Å². The molecule has 0 bridgehead atoms. The Hall–Kier alpha value is -4.28. The minimum atomic E-state index is -0.862. The Bertz CT molecular complexity index is 1300. The zero-order valence-electron chi connectivity index (χ0n) is 19.2. The topological polar surface area (TPSA) is 116 Å². The van der Waals surface area contributed by atoms with E-state index in [0.29, 0.717) is 11.3 Å². The molecule has 1 unspecified atom stereocenters. The molecule has 3 heterocycles. The highest BCUT2D eigenvalue weighted by atomic mass is 19.1. The number of nitrogens with one attached hydrogen (secondary N) is 1. The van der Waals surface area contributed by atoms with Crippen LogP contribution in [-0.4, -0.2) is 58.2 Å². The fourth-order valence-corrected chi connectivity index (χ4v) is 3.88. The Morgan fingerprint density at radius 1 is 1.17 bits per heavy atom. The SMILES string of the molecule is CCOC(=O)N1CCn2c(nc(-c3ccncc3)cc2=O)C(NC(=O)c2ccc(F)cc2OC)C1. The summed E-state index contributed by atoms with van der Waals surface area (Å²) in [6.45, 7) is 2.24. The van der Waals surface area contributed by atoms with Crippen LogP contribution in [0.5, 0.6) is 5.75 Å². The number of rotatable bonds is 5. The fraction of sp³-hybridized carbons (Fsp3) is 0.292. The Labute approximate surface area is 200 Å². The number of ether oxygens (including phenoxy) is 2. The van der Waals surface area contributed by atoms with Crippen molar-refractivity contribution in [3.63, 3.8) is 0 Å². The molecule has 35 heavy (non-hydrogen) atoms. The third-order valence-electron chi connectivity index (χ3n) is 5.56. The van der Waals surface area contributed by atoms with E-state index in [1.54, 1.807) is 31.5 Å². The molecule has 0 saturated heterocycles. The number of methoxy groups -OCH3 is 1. The smallest absolute Gasteiger partial charge is 0.409 e. The molecule has 0 radical (unpaired) electrons. The van der Waals surface area contributed by atoms with Crippen LogP contribution in [0, 0.1) is 5.82 Å². The molecule has 2 aromatic heterocycles. The maximum atomic E-state index is 13.6. The Balaban J connectivity index is 1.76. The van der Waals surface area contributed by atoms with Crippen LogP contribution in [0.1, 0.15) is 29.1 Å². The predicted molar refractivity (Wildman–Crippen MR) is 123 cm³/mol. The second-order valence-electron chi connectivity index (χ2n) is 7.74. The van der Waals surface area contributed by atoms with Gasteiger partial charge in [0.1, 0.15) is 23.4 Å². The number of pyridine rings is 1. The van der Waals surface area contributed by atoms with Gasteiger partial charge in [0.25, 0.3) is 11.5 Å². The second kappa shape index (κ2) is 10.3. The van der Waals surface area contributed by atoms with Crippen LogP contribution >= 0.6 is 0 Å². The summed E-state index contributed by atoms with van der Waals surface area (Å²) in [4.78, 5) is 48.9. The van der Waals surface area contributed by atoms with Crippen LogP contribution in [0.15, 0.2) is 53.6 Å². The van der Waals surface area contributed by atoms with Crippen molar-refractivity contribution in [3.05, 3.63) is 76.4 Å². The first kappa shape index (κ1) is 23.9. The lowest BCUT2D eigenvalue weighted by molar-refractivity contribution is 0.0887. The molecule has 2 amide bonds. The summed E-state index contributed by atoms with van der Waals surface area (Å²) >= 11 is 0. The summed E-state index contributed by atoms with van der Waals surface area (Å²) in [5, 5.41) is 2.83. The summed E-state index contributed by atoms with van der Waals surface area (Å²) in [7, 11) is 1.33. The van der Waals surface area contributed by atoms with E-state index in [2.05, 4.69) is 15.3 Å². The molecule has 0 aliphatic carbocycles. The number of halogens is 1. The van der Waals surface area contributed by atoms with Gasteiger partial charge >= 0.3 is 6.09 Å². The third kappa shape index (κ3) is 5.13. The average Bonchev–Trinajstić information content (AvgIpc) is 3.04. The summed E-state index contributed by atoms with van der Waals surface area (Å²) < 4.78 is 25.4. The lowest BCUT2D eigenvalue weighted by Gasteiger charge is -2.24. The van der Waals surface area contributed by atoms with E-state index in [4.69, 9.17) is 9.47 Å². The first-order chi connectivity index (χ1) is 16.9. The monoisotopic (exact) mass is 481 g/mol. The predicted octanol–water partition coefficient (Wildman–Crippen LogP) is 2.40. The lowest BCUT2D eigenvalue weighted by Crippen LogP contribution is -2.41. The van der Waals surface area contributed by atoms with E-state index in [-0.39, 0.29) is 48.9 Å². The van der Waals surface area contributed by atoms with Gasteiger partial charge in [0.05, 0.1) is 31.5 Å². The molecule has 0 spiro atoms. The highest BCUT2D eigenvalue weighted by molar-refractivity contribution is 5.97. The second-order valence-corrected chi connectivity index (χ2v) is 7.74. The van der Waals surface area contributed by atoms with Crippen molar-refractivity contribution in [3.8, 4) is 17.0 Å². The zero-order chi connectivity index (χ0) is 24.9. The molecule has 1 atom stereocenters. The molecule has 10 nitrogen and oxygen atoms in total. The number of hydrogen-bond acceptors (Lipinski definition) is 7. The van der Waals surface area contributed by atoms with Gasteiger partial charge < -0.3 is 19.7 Å². The summed E-state index contributed by atoms with van der Waals surface area (Å²) in [5.41, 5.74) is 0.857. The molecule has 0 fully saturated rings. The van der Waals surface area contributed by atoms with Crippen LogP contribution in [0.4, 0.5) is 9.18 Å². The standard InChI is InChI=1S/C24H24FN5O5/c1-3-35-24(33)29-10-11-30-21(31)13-18(15-6-8-26-9-7-15)27-22(30)19(14-29)28-23(32)17-5-4-16(25)12-20(17)34-2/h4-9,12-13,19H,3,10-11,14H2,1-2H3,(H,28,32). The van der Waals surface area contributed by atoms with Gasteiger partial charge in [-0.05, 0) is 31.2 Å². The van der Waals surface area contributed by atoms with Gasteiger partial charge in [0, 0.05) is 43.2 Å². The minimum Gasteiger partial charge on any atom is -0.496 e. The van der Waals surface area contributed by atoms with Crippen molar-refractivity contribution >= 4 is 12.0 Å². The summed E-state index contributed by atoms with van der Waals surface area (Å²) in [5.74, 6) is -0.797. The van der Waals surface area contributed by atoms with Gasteiger partial charge in [0.2, 0.25) is 0 Å². The number of aromatic nitrogens is 3. The van der Waals surface area contributed by atoms with E-state index in [0.717, 1.165) is 12.1 Å². The largest absolute Gasteiger partial charge is 0.496 e. The number of nitrogens with zero attached hydrogens (tertiary/aromatic N) is 4. The molecule has 3 aromatic rings. The Morgan fingerprint density at radius 3 is 2.66 bits per heavy atom. The first-order valence-corrected chi connectivity index (χ1v) is 11.0. The molecular weight excluding hydrogens is 457 g/mol. The number of carbonyl (C=O) groups excluding carboxylic acids is 2. The van der Waals surface area contributed by atoms with Crippen molar-refractivity contribution in [1.29, 1.82) is 0 Å². The normalized spacial score (nSPS) is 15.1. The number of fused-ring (bicyclic) bond motifs is 1. The van der Waals surface area contributed by atoms with Crippen molar-refractivity contribution < 1.29 is 23.5 Å². The van der Waals surface area contributed by atoms with Crippen LogP contribution in [0.2, 0.25) is 0 Å². The van der Waals surface area contributed by atoms with Gasteiger partial charge in [-0.15, -0.1) is 0 Å². The summed E-state index contributed by atoms with van der Waals surface area (Å²) in [6.07, 6.45) is 2.60. The molecule has 1 aromatic carbocycles. The minimum absolute atomic E-state index is 0.0142. The van der Waals surface area contributed by atoms with Crippen molar-refractivity contribution in [2.45, 2.75) is 19.5 Å². The molecule has 4 rings (SSSR count). The fourth-order valence-electron chi connectivity index (χ4n) is 3.88. The Morgan fingerprint density at radius 2 is 1.94 bits per heavy atom. The molecule has 1 aliphatic heterocycles. The number of hydrogen-bond donors (Lipinski definition) is 1. The number of carbonyl (C=O) groups is 2. The maximum absolute atomic E-state index is 13.6. The number of benzene rings is 1. The molecular formula is C24H24FN5O5. The number of amides is 2. The molecule has 0 saturated carbocycles. The molecule has 1 aliphatic rings. The lowest BCUT2D eigenvalue weighted by atomic mass is 10.1. The maximum Gasteiger partial charge on any atom is 0.409 e. The highest BCUT2D eigenvalue weighted by Crippen LogP contribution is 2.24. The average molecular weight is 481 g/mol. The van der Waals surface area contributed by atoms with Gasteiger partial charge in [0.15, 0.2) is 0 Å². The van der Waals surface area contributed by atoms with E-state index in [1.807, 2.05) is 0 Å². The quantitative estimate of drug-likeness (QED) is 0.595. The highest BCUT2D eigenvalue weighted by Gasteiger charge is 2.31. The van der Waals surface area contributed by atoms with Gasteiger partial charge in [-0.2, -0.15) is 0 Å². The zero-order valence-corrected chi connectivity index (χ0v) is 19.2. The molecule has 1 N–H and O–H groups in total. The van der Waals surface area contributed by atoms with Gasteiger partial charge in [-0.25, -0.2) is 14.2 Å². The first-order valence-electron chi connectivity index (χ1n) is 11.0. The van der Waals surface area contributed by atoms with E-state index < -0.39 is 23.9 Å². The van der Waals surface area contributed by atoms with Crippen LogP contribution in [0.25, 0.3) is 11.3 Å². The van der Waals surface area contributed by atoms with Gasteiger partial charge in [-0.1, -0.05) is 0 Å². The summed E-state index contributed by atoms with van der Waals surface area (Å²) in [6, 6.07) is 7.53. The Kier molecular flexibility index (Phi) is 7.04. The van der Waals surface area contributed by atoms with E-state index >= 15 is 0 Å². The van der Waals surface area contributed by atoms with Gasteiger partial charge in [-0.3, -0.25) is 19.1 Å². The van der Waals surface area contributed by atoms with Crippen molar-refractivity contribution in [2.24, 2.45) is 0 Å². The van der Waals surface area contributed by atoms with E-state index in [1.165, 1.54) is 28.7 Å².